The highest BCUT2D eigenvalue weighted by molar-refractivity contribution is 5.85. The van der Waals surface area contributed by atoms with E-state index in [4.69, 9.17) is 5.11 Å². The molecule has 15 heavy (non-hydrogen) atoms. The maximum absolute atomic E-state index is 9.14. The van der Waals surface area contributed by atoms with Crippen LogP contribution in [0.4, 0.5) is 0 Å². The third-order valence-corrected chi connectivity index (χ3v) is 2.55. The third kappa shape index (κ3) is 3.70. The highest BCUT2D eigenvalue weighted by Gasteiger charge is 2.09. The fourth-order valence-electron chi connectivity index (χ4n) is 1.73. The van der Waals surface area contributed by atoms with E-state index in [0.29, 0.717) is 5.75 Å². The lowest BCUT2D eigenvalue weighted by Crippen LogP contribution is -2.42. The fourth-order valence-corrected chi connectivity index (χ4v) is 1.73. The summed E-state index contributed by atoms with van der Waals surface area (Å²) >= 11 is 0. The summed E-state index contributed by atoms with van der Waals surface area (Å²) in [5.41, 5.74) is 1.27. The van der Waals surface area contributed by atoms with E-state index in [1.807, 2.05) is 12.1 Å². The Morgan fingerprint density at radius 2 is 1.73 bits per heavy atom. The van der Waals surface area contributed by atoms with E-state index in [1.165, 1.54) is 5.56 Å². The van der Waals surface area contributed by atoms with Gasteiger partial charge in [0, 0.05) is 32.7 Å². The second-order valence-corrected chi connectivity index (χ2v) is 3.69. The first-order valence-electron chi connectivity index (χ1n) is 5.05. The summed E-state index contributed by atoms with van der Waals surface area (Å²) in [4.78, 5) is 2.42. The molecule has 2 N–H and O–H groups in total. The Kier molecular flexibility index (Phi) is 4.88. The van der Waals surface area contributed by atoms with Crippen molar-refractivity contribution in [3.63, 3.8) is 0 Å². The Balaban J connectivity index is 0.00000112. The summed E-state index contributed by atoms with van der Waals surface area (Å²) < 4.78 is 0. The maximum atomic E-state index is 9.14. The highest BCUT2D eigenvalue weighted by atomic mass is 35.5. The second-order valence-electron chi connectivity index (χ2n) is 3.69. The van der Waals surface area contributed by atoms with Gasteiger partial charge in [0.2, 0.25) is 0 Å². The van der Waals surface area contributed by atoms with Crippen LogP contribution in [0.25, 0.3) is 0 Å². The van der Waals surface area contributed by atoms with Crippen molar-refractivity contribution in [1.82, 2.24) is 10.2 Å². The first kappa shape index (κ1) is 12.3. The van der Waals surface area contributed by atoms with Gasteiger partial charge in [0.1, 0.15) is 5.75 Å². The zero-order valence-electron chi connectivity index (χ0n) is 8.65. The molecule has 84 valence electrons. The molecule has 1 aliphatic rings. The number of piperazine rings is 1. The van der Waals surface area contributed by atoms with Crippen LogP contribution in [0.2, 0.25) is 0 Å². The van der Waals surface area contributed by atoms with Crippen molar-refractivity contribution in [1.29, 1.82) is 0 Å². The van der Waals surface area contributed by atoms with Crippen molar-refractivity contribution in [2.24, 2.45) is 0 Å². The summed E-state index contributed by atoms with van der Waals surface area (Å²) in [6.07, 6.45) is 0. The Bertz CT molecular complexity index is 283. The average molecular weight is 229 g/mol. The van der Waals surface area contributed by atoms with E-state index in [0.717, 1.165) is 32.7 Å². The van der Waals surface area contributed by atoms with E-state index >= 15 is 0 Å². The van der Waals surface area contributed by atoms with Crippen molar-refractivity contribution in [2.75, 3.05) is 26.2 Å². The van der Waals surface area contributed by atoms with Crippen molar-refractivity contribution in [2.45, 2.75) is 6.54 Å². The lowest BCUT2D eigenvalue weighted by Gasteiger charge is -2.27. The number of hydrogen-bond acceptors (Lipinski definition) is 3. The lowest BCUT2D eigenvalue weighted by atomic mass is 10.2. The Labute approximate surface area is 96.5 Å². The normalized spacial score (nSPS) is 17.1. The van der Waals surface area contributed by atoms with Gasteiger partial charge in [-0.1, -0.05) is 12.1 Å². The zero-order valence-corrected chi connectivity index (χ0v) is 9.46. The van der Waals surface area contributed by atoms with Crippen LogP contribution in [0.15, 0.2) is 24.3 Å². The van der Waals surface area contributed by atoms with Crippen LogP contribution in [-0.4, -0.2) is 36.2 Å². The minimum Gasteiger partial charge on any atom is -0.508 e. The van der Waals surface area contributed by atoms with Gasteiger partial charge in [-0.15, -0.1) is 12.4 Å². The molecule has 4 heteroatoms. The van der Waals surface area contributed by atoms with Gasteiger partial charge in [-0.3, -0.25) is 4.90 Å². The summed E-state index contributed by atoms with van der Waals surface area (Å²) in [7, 11) is 0. The number of benzene rings is 1. The molecular weight excluding hydrogens is 212 g/mol. The van der Waals surface area contributed by atoms with Gasteiger partial charge in [-0.25, -0.2) is 0 Å². The Hall–Kier alpha value is -0.770. The molecule has 1 saturated heterocycles. The van der Waals surface area contributed by atoms with E-state index in [2.05, 4.69) is 10.2 Å². The molecule has 1 aromatic carbocycles. The highest BCUT2D eigenvalue weighted by Crippen LogP contribution is 2.11. The minimum atomic E-state index is 0. The van der Waals surface area contributed by atoms with Gasteiger partial charge >= 0.3 is 0 Å². The van der Waals surface area contributed by atoms with E-state index in [9.17, 15) is 0 Å². The summed E-state index contributed by atoms with van der Waals surface area (Å²) in [6.45, 7) is 5.37. The van der Waals surface area contributed by atoms with Crippen LogP contribution in [-0.2, 0) is 6.54 Å². The van der Waals surface area contributed by atoms with Gasteiger partial charge in [0.25, 0.3) is 0 Å². The molecule has 2 rings (SSSR count). The summed E-state index contributed by atoms with van der Waals surface area (Å²) in [5.74, 6) is 0.342. The predicted octanol–water partition coefficient (Wildman–Crippen LogP) is 1.22. The SMILES string of the molecule is Cl.Oc1ccc(CN2CCNCC2)cc1. The summed E-state index contributed by atoms with van der Waals surface area (Å²) in [5, 5.41) is 12.5. The van der Waals surface area contributed by atoms with Gasteiger partial charge < -0.3 is 10.4 Å². The molecule has 1 aromatic rings. The van der Waals surface area contributed by atoms with Crippen molar-refractivity contribution >= 4 is 12.4 Å². The van der Waals surface area contributed by atoms with Gasteiger partial charge in [-0.05, 0) is 17.7 Å². The number of nitrogens with zero attached hydrogens (tertiary/aromatic N) is 1. The Morgan fingerprint density at radius 1 is 1.13 bits per heavy atom. The number of nitrogens with one attached hydrogen (secondary N) is 1. The number of phenolic OH excluding ortho intramolecular Hbond substituents is 1. The van der Waals surface area contributed by atoms with Gasteiger partial charge in [0.15, 0.2) is 0 Å². The van der Waals surface area contributed by atoms with E-state index < -0.39 is 0 Å². The Morgan fingerprint density at radius 3 is 2.33 bits per heavy atom. The molecule has 0 saturated carbocycles. The molecular formula is C11H17ClN2O. The van der Waals surface area contributed by atoms with Gasteiger partial charge in [0.05, 0.1) is 0 Å². The van der Waals surface area contributed by atoms with Crippen molar-refractivity contribution < 1.29 is 5.11 Å². The molecule has 0 atom stereocenters. The number of phenols is 1. The molecule has 0 bridgehead atoms. The number of hydrogen-bond donors (Lipinski definition) is 2. The summed E-state index contributed by atoms with van der Waals surface area (Å²) in [6, 6.07) is 7.46. The van der Waals surface area contributed by atoms with Crippen molar-refractivity contribution in [3.05, 3.63) is 29.8 Å². The molecule has 0 radical (unpaired) electrons. The van der Waals surface area contributed by atoms with Crippen LogP contribution in [0.1, 0.15) is 5.56 Å². The van der Waals surface area contributed by atoms with Crippen LogP contribution in [0.5, 0.6) is 5.75 Å². The van der Waals surface area contributed by atoms with E-state index in [-0.39, 0.29) is 12.4 Å². The first-order chi connectivity index (χ1) is 6.84. The monoisotopic (exact) mass is 228 g/mol. The fraction of sp³-hybridized carbons (Fsp3) is 0.455. The maximum Gasteiger partial charge on any atom is 0.115 e. The largest absolute Gasteiger partial charge is 0.508 e. The minimum absolute atomic E-state index is 0. The predicted molar refractivity (Wildman–Crippen MR) is 63.5 cm³/mol. The average Bonchev–Trinajstić information content (AvgIpc) is 2.23. The molecule has 0 spiro atoms. The van der Waals surface area contributed by atoms with Crippen LogP contribution in [0.3, 0.4) is 0 Å². The topological polar surface area (TPSA) is 35.5 Å². The molecule has 3 nitrogen and oxygen atoms in total. The molecule has 0 aromatic heterocycles. The smallest absolute Gasteiger partial charge is 0.115 e. The quantitative estimate of drug-likeness (QED) is 0.799. The molecule has 1 fully saturated rings. The third-order valence-electron chi connectivity index (χ3n) is 2.55. The van der Waals surface area contributed by atoms with Crippen LogP contribution >= 0.6 is 12.4 Å². The van der Waals surface area contributed by atoms with Crippen molar-refractivity contribution in [3.8, 4) is 5.75 Å². The lowest BCUT2D eigenvalue weighted by molar-refractivity contribution is 0.233. The molecule has 0 unspecified atom stereocenters. The van der Waals surface area contributed by atoms with Crippen LogP contribution in [0, 0.1) is 0 Å². The van der Waals surface area contributed by atoms with E-state index in [1.54, 1.807) is 12.1 Å². The zero-order chi connectivity index (χ0) is 9.80. The number of aromatic hydroxyl groups is 1. The first-order valence-corrected chi connectivity index (χ1v) is 5.05. The van der Waals surface area contributed by atoms with Crippen LogP contribution < -0.4 is 5.32 Å². The molecule has 0 aliphatic carbocycles. The molecule has 1 aliphatic heterocycles. The second kappa shape index (κ2) is 5.95. The standard InChI is InChI=1S/C11H16N2O.ClH/c14-11-3-1-10(2-4-11)9-13-7-5-12-6-8-13;/h1-4,12,14H,5-9H2;1H. The molecule has 0 amide bonds. The van der Waals surface area contributed by atoms with Gasteiger partial charge in [-0.2, -0.15) is 0 Å². The number of halogens is 1. The number of rotatable bonds is 2. The molecule has 1 heterocycles.